The van der Waals surface area contributed by atoms with Crippen molar-refractivity contribution in [3.8, 4) is 6.07 Å². The molecule has 0 heterocycles. The van der Waals surface area contributed by atoms with Gasteiger partial charge in [0.25, 0.3) is 0 Å². The number of hydrogen-bond donors (Lipinski definition) is 0. The molecule has 0 saturated heterocycles. The van der Waals surface area contributed by atoms with Gasteiger partial charge < -0.3 is 4.74 Å². The number of ether oxygens (including phenoxy) is 1. The van der Waals surface area contributed by atoms with Crippen LogP contribution in [0.2, 0.25) is 0 Å². The number of methoxy groups -OCH3 is 1. The SMILES string of the molecule is COC(C)C1=CCC(C#N)=CC1. The van der Waals surface area contributed by atoms with Gasteiger partial charge in [-0.25, -0.2) is 0 Å². The van der Waals surface area contributed by atoms with Gasteiger partial charge in [0.1, 0.15) is 0 Å². The zero-order valence-electron chi connectivity index (χ0n) is 7.50. The molecule has 0 amide bonds. The number of rotatable bonds is 2. The lowest BCUT2D eigenvalue weighted by atomic mass is 9.97. The topological polar surface area (TPSA) is 33.0 Å². The normalized spacial score (nSPS) is 19.1. The van der Waals surface area contributed by atoms with Gasteiger partial charge in [0.15, 0.2) is 0 Å². The van der Waals surface area contributed by atoms with Gasteiger partial charge in [0, 0.05) is 19.1 Å². The molecule has 1 aliphatic carbocycles. The molecule has 64 valence electrons. The maximum Gasteiger partial charge on any atom is 0.0947 e. The predicted molar refractivity (Wildman–Crippen MR) is 47.5 cm³/mol. The second-order valence-electron chi connectivity index (χ2n) is 2.91. The van der Waals surface area contributed by atoms with E-state index in [0.717, 1.165) is 18.4 Å². The van der Waals surface area contributed by atoms with E-state index in [1.807, 2.05) is 13.0 Å². The first kappa shape index (κ1) is 9.02. The van der Waals surface area contributed by atoms with Gasteiger partial charge in [-0.15, -0.1) is 0 Å². The van der Waals surface area contributed by atoms with Gasteiger partial charge in [-0.2, -0.15) is 5.26 Å². The first-order chi connectivity index (χ1) is 5.77. The maximum atomic E-state index is 8.59. The third-order valence-corrected chi connectivity index (χ3v) is 2.19. The summed E-state index contributed by atoms with van der Waals surface area (Å²) in [5.41, 5.74) is 2.14. The van der Waals surface area contributed by atoms with Crippen molar-refractivity contribution in [2.75, 3.05) is 7.11 Å². The molecular weight excluding hydrogens is 150 g/mol. The van der Waals surface area contributed by atoms with Crippen LogP contribution in [0.1, 0.15) is 19.8 Å². The van der Waals surface area contributed by atoms with Crippen molar-refractivity contribution in [1.82, 2.24) is 0 Å². The maximum absolute atomic E-state index is 8.59. The monoisotopic (exact) mass is 163 g/mol. The number of allylic oxidation sites excluding steroid dienone is 3. The summed E-state index contributed by atoms with van der Waals surface area (Å²) in [5, 5.41) is 8.59. The van der Waals surface area contributed by atoms with Crippen molar-refractivity contribution in [1.29, 1.82) is 5.26 Å². The molecule has 12 heavy (non-hydrogen) atoms. The number of nitrogens with zero attached hydrogens (tertiary/aromatic N) is 1. The summed E-state index contributed by atoms with van der Waals surface area (Å²) < 4.78 is 5.18. The Morgan fingerprint density at radius 2 is 2.25 bits per heavy atom. The Labute approximate surface area is 73.1 Å². The third kappa shape index (κ3) is 1.96. The van der Waals surface area contributed by atoms with E-state index in [1.54, 1.807) is 7.11 Å². The summed E-state index contributed by atoms with van der Waals surface area (Å²) in [6, 6.07) is 2.16. The molecule has 1 atom stereocenters. The number of nitriles is 1. The van der Waals surface area contributed by atoms with Gasteiger partial charge in [-0.3, -0.25) is 0 Å². The van der Waals surface area contributed by atoms with Gasteiger partial charge in [-0.1, -0.05) is 12.2 Å². The highest BCUT2D eigenvalue weighted by Crippen LogP contribution is 2.20. The molecule has 1 rings (SSSR count). The molecule has 2 heteroatoms. The van der Waals surface area contributed by atoms with Crippen molar-refractivity contribution in [3.05, 3.63) is 23.3 Å². The molecular formula is C10H13NO. The van der Waals surface area contributed by atoms with Crippen molar-refractivity contribution < 1.29 is 4.74 Å². The summed E-state index contributed by atoms with van der Waals surface area (Å²) in [7, 11) is 1.70. The van der Waals surface area contributed by atoms with Crippen LogP contribution < -0.4 is 0 Å². The first-order valence-electron chi connectivity index (χ1n) is 4.08. The van der Waals surface area contributed by atoms with Crippen LogP contribution in [0, 0.1) is 11.3 Å². The molecule has 0 bridgehead atoms. The average molecular weight is 163 g/mol. The van der Waals surface area contributed by atoms with Gasteiger partial charge in [-0.05, 0) is 18.9 Å². The highest BCUT2D eigenvalue weighted by molar-refractivity contribution is 5.31. The van der Waals surface area contributed by atoms with Gasteiger partial charge in [0.05, 0.1) is 12.2 Å². The summed E-state index contributed by atoms with van der Waals surface area (Å²) in [5.74, 6) is 0. The fourth-order valence-corrected chi connectivity index (χ4v) is 1.22. The highest BCUT2D eigenvalue weighted by Gasteiger charge is 2.10. The fraction of sp³-hybridized carbons (Fsp3) is 0.500. The number of hydrogen-bond acceptors (Lipinski definition) is 2. The minimum absolute atomic E-state index is 0.182. The quantitative estimate of drug-likeness (QED) is 0.584. The summed E-state index contributed by atoms with van der Waals surface area (Å²) in [4.78, 5) is 0. The molecule has 0 aromatic heterocycles. The van der Waals surface area contributed by atoms with E-state index in [4.69, 9.17) is 10.00 Å². The Balaban J connectivity index is 2.56. The van der Waals surface area contributed by atoms with E-state index >= 15 is 0 Å². The van der Waals surface area contributed by atoms with E-state index in [-0.39, 0.29) is 6.10 Å². The van der Waals surface area contributed by atoms with Crippen LogP contribution in [0.5, 0.6) is 0 Å². The van der Waals surface area contributed by atoms with E-state index in [0.29, 0.717) is 0 Å². The van der Waals surface area contributed by atoms with Crippen molar-refractivity contribution in [2.24, 2.45) is 0 Å². The fourth-order valence-electron chi connectivity index (χ4n) is 1.22. The molecule has 2 nitrogen and oxygen atoms in total. The lowest BCUT2D eigenvalue weighted by molar-refractivity contribution is 0.145. The summed E-state index contributed by atoms with van der Waals surface area (Å²) in [6.07, 6.45) is 5.87. The van der Waals surface area contributed by atoms with Crippen LogP contribution in [-0.2, 0) is 4.74 Å². The van der Waals surface area contributed by atoms with Crippen LogP contribution in [0.3, 0.4) is 0 Å². The van der Waals surface area contributed by atoms with Gasteiger partial charge in [0.2, 0.25) is 0 Å². The van der Waals surface area contributed by atoms with Crippen molar-refractivity contribution >= 4 is 0 Å². The van der Waals surface area contributed by atoms with Crippen LogP contribution >= 0.6 is 0 Å². The van der Waals surface area contributed by atoms with E-state index in [1.165, 1.54) is 5.57 Å². The Kier molecular flexibility index (Phi) is 3.07. The Hall–Kier alpha value is -1.07. The second-order valence-corrected chi connectivity index (χ2v) is 2.91. The standard InChI is InChI=1S/C10H13NO/c1-8(12-2)10-5-3-9(7-11)4-6-10/h3,6,8H,4-5H2,1-2H3. The molecule has 0 fully saturated rings. The lowest BCUT2D eigenvalue weighted by Gasteiger charge is -2.15. The van der Waals surface area contributed by atoms with Crippen LogP contribution in [0.15, 0.2) is 23.3 Å². The molecule has 1 aliphatic rings. The second kappa shape index (κ2) is 4.08. The van der Waals surface area contributed by atoms with Crippen molar-refractivity contribution in [2.45, 2.75) is 25.9 Å². The summed E-state index contributed by atoms with van der Waals surface area (Å²) in [6.45, 7) is 2.02. The molecule has 1 unspecified atom stereocenters. The zero-order valence-corrected chi connectivity index (χ0v) is 7.50. The van der Waals surface area contributed by atoms with Crippen LogP contribution in [0.25, 0.3) is 0 Å². The minimum atomic E-state index is 0.182. The Bertz CT molecular complexity index is 258. The average Bonchev–Trinajstić information content (AvgIpc) is 2.17. The zero-order chi connectivity index (χ0) is 8.97. The van der Waals surface area contributed by atoms with Crippen LogP contribution in [0.4, 0.5) is 0 Å². The van der Waals surface area contributed by atoms with Gasteiger partial charge >= 0.3 is 0 Å². The first-order valence-corrected chi connectivity index (χ1v) is 4.08. The highest BCUT2D eigenvalue weighted by atomic mass is 16.5. The Morgan fingerprint density at radius 3 is 2.67 bits per heavy atom. The molecule has 0 N–H and O–H groups in total. The molecule has 0 aromatic rings. The summed E-state index contributed by atoms with van der Waals surface area (Å²) >= 11 is 0. The van der Waals surface area contributed by atoms with E-state index < -0.39 is 0 Å². The minimum Gasteiger partial charge on any atom is -0.377 e. The lowest BCUT2D eigenvalue weighted by Crippen LogP contribution is -2.10. The molecule has 0 aliphatic heterocycles. The smallest absolute Gasteiger partial charge is 0.0947 e. The Morgan fingerprint density at radius 1 is 1.50 bits per heavy atom. The molecule has 0 aromatic carbocycles. The van der Waals surface area contributed by atoms with E-state index in [2.05, 4.69) is 12.1 Å². The van der Waals surface area contributed by atoms with E-state index in [9.17, 15) is 0 Å². The third-order valence-electron chi connectivity index (χ3n) is 2.19. The molecule has 0 radical (unpaired) electrons. The molecule has 0 saturated carbocycles. The predicted octanol–water partition coefficient (Wildman–Crippen LogP) is 2.19. The van der Waals surface area contributed by atoms with Crippen molar-refractivity contribution in [3.63, 3.8) is 0 Å². The molecule has 0 spiro atoms. The largest absolute Gasteiger partial charge is 0.377 e. The van der Waals surface area contributed by atoms with Crippen LogP contribution in [-0.4, -0.2) is 13.2 Å².